The predicted octanol–water partition coefficient (Wildman–Crippen LogP) is 3.73. The maximum atomic E-state index is 12.9. The zero-order valence-corrected chi connectivity index (χ0v) is 15.2. The van der Waals surface area contributed by atoms with Gasteiger partial charge in [0.25, 0.3) is 0 Å². The van der Waals surface area contributed by atoms with Gasteiger partial charge in [-0.05, 0) is 35.6 Å². The summed E-state index contributed by atoms with van der Waals surface area (Å²) in [6, 6.07) is 15.0. The number of thioether (sulfide) groups is 1. The van der Waals surface area contributed by atoms with Crippen molar-refractivity contribution in [1.29, 1.82) is 0 Å². The van der Waals surface area contributed by atoms with E-state index in [1.54, 1.807) is 19.1 Å². The van der Waals surface area contributed by atoms with Crippen LogP contribution in [0, 0.1) is 0 Å². The molecule has 4 nitrogen and oxygen atoms in total. The molecule has 1 amide bonds. The van der Waals surface area contributed by atoms with Gasteiger partial charge in [0.05, 0.1) is 13.0 Å². The first-order valence-electron chi connectivity index (χ1n) is 7.86. The molecule has 1 heterocycles. The average molecular weight is 353 g/mol. The Labute approximate surface area is 151 Å². The van der Waals surface area contributed by atoms with Gasteiger partial charge in [0.2, 0.25) is 5.91 Å². The Kier molecular flexibility index (Phi) is 4.95. The van der Waals surface area contributed by atoms with Crippen LogP contribution in [0.5, 0.6) is 5.75 Å². The van der Waals surface area contributed by atoms with E-state index in [-0.39, 0.29) is 5.91 Å². The van der Waals surface area contributed by atoms with Crippen molar-refractivity contribution in [2.45, 2.75) is 5.92 Å². The number of amides is 1. The number of hydrogen-bond acceptors (Lipinski definition) is 4. The van der Waals surface area contributed by atoms with Crippen molar-refractivity contribution in [3.8, 4) is 5.75 Å². The van der Waals surface area contributed by atoms with Crippen molar-refractivity contribution < 1.29 is 14.3 Å². The highest BCUT2D eigenvalue weighted by molar-refractivity contribution is 8.02. The maximum Gasteiger partial charge on any atom is 0.239 e. The van der Waals surface area contributed by atoms with Crippen LogP contribution in [-0.2, 0) is 9.59 Å². The highest BCUT2D eigenvalue weighted by Crippen LogP contribution is 2.45. The Bertz CT molecular complexity index is 842. The molecule has 0 radical (unpaired) electrons. The summed E-state index contributed by atoms with van der Waals surface area (Å²) in [4.78, 5) is 27.2. The second-order valence-corrected chi connectivity index (χ2v) is 6.57. The molecule has 2 aromatic rings. The van der Waals surface area contributed by atoms with Crippen molar-refractivity contribution in [2.75, 3.05) is 25.3 Å². The molecule has 0 saturated heterocycles. The van der Waals surface area contributed by atoms with Crippen LogP contribution >= 0.6 is 11.8 Å². The fourth-order valence-corrected chi connectivity index (χ4v) is 4.01. The Morgan fingerprint density at radius 2 is 1.84 bits per heavy atom. The van der Waals surface area contributed by atoms with E-state index in [9.17, 15) is 9.59 Å². The van der Waals surface area contributed by atoms with E-state index >= 15 is 0 Å². The number of ether oxygens (including phenoxy) is 1. The molecule has 1 atom stereocenters. The monoisotopic (exact) mass is 353 g/mol. The molecule has 5 heteroatoms. The largest absolute Gasteiger partial charge is 0.497 e. The van der Waals surface area contributed by atoms with Gasteiger partial charge < -0.3 is 9.64 Å². The van der Waals surface area contributed by atoms with Gasteiger partial charge in [-0.1, -0.05) is 30.3 Å². The Balaban J connectivity index is 2.15. The number of fused-ring (bicyclic) bond motifs is 1. The number of para-hydroxylation sites is 1. The number of methoxy groups -OCH3 is 1. The summed E-state index contributed by atoms with van der Waals surface area (Å²) in [5.41, 5.74) is 3.15. The number of carbonyl (C=O) groups excluding carboxylic acids is 2. The number of nitrogens with zero attached hydrogens (tertiary/aromatic N) is 1. The van der Waals surface area contributed by atoms with Crippen LogP contribution in [0.4, 0.5) is 5.69 Å². The smallest absolute Gasteiger partial charge is 0.239 e. The summed E-state index contributed by atoms with van der Waals surface area (Å²) in [6.07, 6.45) is 2.73. The van der Waals surface area contributed by atoms with Crippen LogP contribution in [0.2, 0.25) is 0 Å². The van der Waals surface area contributed by atoms with Gasteiger partial charge in [0.15, 0.2) is 6.29 Å². The summed E-state index contributed by atoms with van der Waals surface area (Å²) in [5.74, 6) is 0.263. The standard InChI is InChI=1S/C20H19NO3S/c1-21-17-7-5-4-6-15(17)18(20(21)23)19(25-3)16(12-22)13-8-10-14(24-2)11-9-13/h4-12,18H,1-3H3/b19-16-. The lowest BCUT2D eigenvalue weighted by molar-refractivity contribution is -0.118. The third kappa shape index (κ3) is 2.96. The first-order chi connectivity index (χ1) is 12.1. The van der Waals surface area contributed by atoms with Crippen molar-refractivity contribution in [2.24, 2.45) is 0 Å². The highest BCUT2D eigenvalue weighted by atomic mass is 32.2. The summed E-state index contributed by atoms with van der Waals surface area (Å²) in [5, 5.41) is 0. The topological polar surface area (TPSA) is 46.6 Å². The van der Waals surface area contributed by atoms with Crippen LogP contribution in [0.3, 0.4) is 0 Å². The second kappa shape index (κ2) is 7.15. The lowest BCUT2D eigenvalue weighted by Gasteiger charge is -2.16. The van der Waals surface area contributed by atoms with Crippen LogP contribution in [-0.4, -0.2) is 32.6 Å². The minimum absolute atomic E-state index is 0.0154. The zero-order chi connectivity index (χ0) is 18.0. The molecule has 1 aliphatic heterocycles. The lowest BCUT2D eigenvalue weighted by Crippen LogP contribution is -2.24. The van der Waals surface area contributed by atoms with E-state index in [0.717, 1.165) is 33.8 Å². The van der Waals surface area contributed by atoms with E-state index < -0.39 is 5.92 Å². The molecule has 0 fully saturated rings. The van der Waals surface area contributed by atoms with Crippen LogP contribution < -0.4 is 9.64 Å². The molecule has 25 heavy (non-hydrogen) atoms. The zero-order valence-electron chi connectivity index (χ0n) is 14.4. The number of benzene rings is 2. The SMILES string of the molecule is COc1ccc(/C(C=O)=C(\SC)C2C(=O)N(C)c3ccccc32)cc1. The summed E-state index contributed by atoms with van der Waals surface area (Å²) < 4.78 is 5.18. The molecule has 0 aromatic heterocycles. The Hall–Kier alpha value is -2.53. The normalized spacial score (nSPS) is 17.2. The number of aldehydes is 1. The van der Waals surface area contributed by atoms with Gasteiger partial charge in [-0.25, -0.2) is 0 Å². The minimum Gasteiger partial charge on any atom is -0.497 e. The molecule has 128 valence electrons. The van der Waals surface area contributed by atoms with Crippen molar-refractivity contribution in [3.05, 3.63) is 64.6 Å². The van der Waals surface area contributed by atoms with E-state index in [1.807, 2.05) is 54.8 Å². The molecule has 0 N–H and O–H groups in total. The first kappa shape index (κ1) is 17.3. The van der Waals surface area contributed by atoms with Crippen LogP contribution in [0.1, 0.15) is 17.0 Å². The highest BCUT2D eigenvalue weighted by Gasteiger charge is 2.38. The molecule has 1 unspecified atom stereocenters. The molecule has 2 aromatic carbocycles. The summed E-state index contributed by atoms with van der Waals surface area (Å²) >= 11 is 1.44. The molecule has 0 saturated carbocycles. The number of likely N-dealkylation sites (N-methyl/N-ethyl adjacent to an activating group) is 1. The number of hydrogen-bond donors (Lipinski definition) is 0. The molecule has 0 spiro atoms. The van der Waals surface area contributed by atoms with Crippen LogP contribution in [0.25, 0.3) is 5.57 Å². The number of allylic oxidation sites excluding steroid dienone is 1. The van der Waals surface area contributed by atoms with E-state index in [1.165, 1.54) is 11.8 Å². The molecule has 0 bridgehead atoms. The Morgan fingerprint density at radius 1 is 1.16 bits per heavy atom. The van der Waals surface area contributed by atoms with Crippen LogP contribution in [0.15, 0.2) is 53.4 Å². The van der Waals surface area contributed by atoms with Crippen molar-refractivity contribution >= 4 is 35.2 Å². The van der Waals surface area contributed by atoms with Gasteiger partial charge in [-0.3, -0.25) is 9.59 Å². The summed E-state index contributed by atoms with van der Waals surface area (Å²) in [6.45, 7) is 0. The molecular weight excluding hydrogens is 334 g/mol. The third-order valence-corrected chi connectivity index (χ3v) is 5.35. The number of carbonyl (C=O) groups is 2. The van der Waals surface area contributed by atoms with Gasteiger partial charge in [0, 0.05) is 23.2 Å². The molecular formula is C20H19NO3S. The average Bonchev–Trinajstić information content (AvgIpc) is 2.91. The quantitative estimate of drug-likeness (QED) is 0.607. The predicted molar refractivity (Wildman–Crippen MR) is 102 cm³/mol. The molecule has 1 aliphatic rings. The Morgan fingerprint density at radius 3 is 2.44 bits per heavy atom. The van der Waals surface area contributed by atoms with Gasteiger partial charge >= 0.3 is 0 Å². The molecule has 3 rings (SSSR count). The fourth-order valence-electron chi connectivity index (χ4n) is 3.16. The maximum absolute atomic E-state index is 12.9. The van der Waals surface area contributed by atoms with Gasteiger partial charge in [-0.15, -0.1) is 11.8 Å². The van der Waals surface area contributed by atoms with Crippen molar-refractivity contribution in [3.63, 3.8) is 0 Å². The van der Waals surface area contributed by atoms with Gasteiger partial charge in [-0.2, -0.15) is 0 Å². The number of rotatable bonds is 5. The third-order valence-electron chi connectivity index (χ3n) is 4.45. The summed E-state index contributed by atoms with van der Waals surface area (Å²) in [7, 11) is 3.37. The van der Waals surface area contributed by atoms with Gasteiger partial charge in [0.1, 0.15) is 5.75 Å². The van der Waals surface area contributed by atoms with Crippen molar-refractivity contribution in [1.82, 2.24) is 0 Å². The first-order valence-corrected chi connectivity index (χ1v) is 9.09. The number of anilines is 1. The minimum atomic E-state index is -0.446. The molecule has 0 aliphatic carbocycles. The lowest BCUT2D eigenvalue weighted by atomic mass is 9.95. The van der Waals surface area contributed by atoms with E-state index in [2.05, 4.69) is 0 Å². The van der Waals surface area contributed by atoms with E-state index in [4.69, 9.17) is 4.74 Å². The fraction of sp³-hybridized carbons (Fsp3) is 0.200. The van der Waals surface area contributed by atoms with E-state index in [0.29, 0.717) is 5.57 Å². The second-order valence-electron chi connectivity index (χ2n) is 5.72.